The molecule has 0 fully saturated rings. The number of nitrogens with one attached hydrogen (secondary N) is 3. The third kappa shape index (κ3) is 5.18. The third-order valence-electron chi connectivity index (χ3n) is 4.93. The van der Waals surface area contributed by atoms with E-state index < -0.39 is 9.84 Å². The van der Waals surface area contributed by atoms with Crippen LogP contribution in [0.1, 0.15) is 10.4 Å². The molecule has 3 aromatic heterocycles. The van der Waals surface area contributed by atoms with Gasteiger partial charge >= 0.3 is 0 Å². The highest BCUT2D eigenvalue weighted by Crippen LogP contribution is 2.28. The number of sulfone groups is 1. The first-order valence-corrected chi connectivity index (χ1v) is 12.2. The number of hydrogen-bond donors (Lipinski definition) is 3. The van der Waals surface area contributed by atoms with Crippen molar-refractivity contribution < 1.29 is 13.2 Å². The standard InChI is InChI=1S/C24H22N6O3S/c1-25-24(31)18-15-28-22(13-19(18)29-23-20(34(2,32)33)9-6-12-26-23)30-21-11-10-17(14-27-21)16-7-4-3-5-8-16/h3-15H,1-2H3,(H,25,31)(H2,26,27,28,29,30). The van der Waals surface area contributed by atoms with Crippen LogP contribution in [0.4, 0.5) is 23.1 Å². The maximum atomic E-state index is 12.4. The molecule has 0 unspecified atom stereocenters. The van der Waals surface area contributed by atoms with Gasteiger partial charge in [0, 0.05) is 43.5 Å². The van der Waals surface area contributed by atoms with Crippen molar-refractivity contribution in [1.82, 2.24) is 20.3 Å². The summed E-state index contributed by atoms with van der Waals surface area (Å²) < 4.78 is 24.3. The van der Waals surface area contributed by atoms with Gasteiger partial charge in [0.05, 0.1) is 11.3 Å². The fourth-order valence-electron chi connectivity index (χ4n) is 3.25. The summed E-state index contributed by atoms with van der Waals surface area (Å²) in [6, 6.07) is 18.2. The Labute approximate surface area is 197 Å². The zero-order valence-corrected chi connectivity index (χ0v) is 19.3. The van der Waals surface area contributed by atoms with E-state index in [9.17, 15) is 13.2 Å². The normalized spacial score (nSPS) is 11.0. The summed E-state index contributed by atoms with van der Waals surface area (Å²) in [5.74, 6) is 0.689. The average Bonchev–Trinajstić information content (AvgIpc) is 2.84. The van der Waals surface area contributed by atoms with Gasteiger partial charge in [-0.05, 0) is 29.8 Å². The quantitative estimate of drug-likeness (QED) is 0.369. The first-order chi connectivity index (χ1) is 16.3. The van der Waals surface area contributed by atoms with Gasteiger partial charge in [-0.15, -0.1) is 0 Å². The van der Waals surface area contributed by atoms with E-state index in [4.69, 9.17) is 0 Å². The second-order valence-corrected chi connectivity index (χ2v) is 9.35. The summed E-state index contributed by atoms with van der Waals surface area (Å²) in [7, 11) is -2.05. The van der Waals surface area contributed by atoms with E-state index in [1.807, 2.05) is 42.5 Å². The van der Waals surface area contributed by atoms with Crippen molar-refractivity contribution >= 4 is 38.9 Å². The van der Waals surface area contributed by atoms with Gasteiger partial charge < -0.3 is 16.0 Å². The van der Waals surface area contributed by atoms with Gasteiger partial charge in [-0.25, -0.2) is 23.4 Å². The number of anilines is 4. The number of nitrogens with zero attached hydrogens (tertiary/aromatic N) is 3. The average molecular weight is 475 g/mol. The van der Waals surface area contributed by atoms with Crippen LogP contribution in [0.3, 0.4) is 0 Å². The number of carbonyl (C=O) groups excluding carboxylic acids is 1. The van der Waals surface area contributed by atoms with Crippen molar-refractivity contribution in [3.8, 4) is 11.1 Å². The van der Waals surface area contributed by atoms with E-state index in [1.165, 1.54) is 31.6 Å². The summed E-state index contributed by atoms with van der Waals surface area (Å²) >= 11 is 0. The topological polar surface area (TPSA) is 126 Å². The predicted octanol–water partition coefficient (Wildman–Crippen LogP) is 3.79. The molecular formula is C24H22N6O3S. The zero-order valence-electron chi connectivity index (χ0n) is 18.5. The molecule has 9 nitrogen and oxygen atoms in total. The fourth-order valence-corrected chi connectivity index (χ4v) is 4.04. The molecule has 1 amide bonds. The minimum absolute atomic E-state index is 0.0161. The number of pyridine rings is 3. The predicted molar refractivity (Wildman–Crippen MR) is 131 cm³/mol. The molecule has 0 bridgehead atoms. The molecule has 1 aromatic carbocycles. The van der Waals surface area contributed by atoms with Gasteiger partial charge in [0.15, 0.2) is 9.84 Å². The van der Waals surface area contributed by atoms with Crippen molar-refractivity contribution in [1.29, 1.82) is 0 Å². The second kappa shape index (κ2) is 9.67. The molecule has 0 radical (unpaired) electrons. The Morgan fingerprint density at radius 2 is 1.59 bits per heavy atom. The Balaban J connectivity index is 1.65. The largest absolute Gasteiger partial charge is 0.355 e. The van der Waals surface area contributed by atoms with Crippen molar-refractivity contribution in [3.63, 3.8) is 0 Å². The number of carbonyl (C=O) groups is 1. The van der Waals surface area contributed by atoms with Crippen molar-refractivity contribution in [3.05, 3.63) is 84.8 Å². The molecule has 0 saturated carbocycles. The Morgan fingerprint density at radius 3 is 2.26 bits per heavy atom. The highest BCUT2D eigenvalue weighted by molar-refractivity contribution is 7.90. The number of rotatable bonds is 7. The molecule has 0 aliphatic carbocycles. The van der Waals surface area contributed by atoms with Gasteiger partial charge in [0.1, 0.15) is 22.3 Å². The van der Waals surface area contributed by atoms with Crippen LogP contribution < -0.4 is 16.0 Å². The van der Waals surface area contributed by atoms with E-state index in [0.29, 0.717) is 17.3 Å². The van der Waals surface area contributed by atoms with Crippen LogP contribution in [0.5, 0.6) is 0 Å². The highest BCUT2D eigenvalue weighted by Gasteiger charge is 2.18. The molecule has 3 heterocycles. The summed E-state index contributed by atoms with van der Waals surface area (Å²) in [4.78, 5) is 25.3. The molecule has 34 heavy (non-hydrogen) atoms. The monoisotopic (exact) mass is 474 g/mol. The van der Waals surface area contributed by atoms with E-state index >= 15 is 0 Å². The summed E-state index contributed by atoms with van der Waals surface area (Å²) in [6.07, 6.45) is 5.71. The second-order valence-electron chi connectivity index (χ2n) is 7.36. The van der Waals surface area contributed by atoms with Crippen LogP contribution in [0, 0.1) is 0 Å². The lowest BCUT2D eigenvalue weighted by molar-refractivity contribution is 0.0963. The summed E-state index contributed by atoms with van der Waals surface area (Å²) in [5, 5.41) is 8.63. The van der Waals surface area contributed by atoms with E-state index in [-0.39, 0.29) is 22.2 Å². The van der Waals surface area contributed by atoms with Gasteiger partial charge in [-0.1, -0.05) is 30.3 Å². The van der Waals surface area contributed by atoms with Crippen LogP contribution in [0.25, 0.3) is 11.1 Å². The Kier molecular flexibility index (Phi) is 6.51. The van der Waals surface area contributed by atoms with Gasteiger partial charge in [-0.3, -0.25) is 4.79 Å². The molecule has 0 atom stereocenters. The summed E-state index contributed by atoms with van der Waals surface area (Å²) in [5.41, 5.74) is 2.59. The van der Waals surface area contributed by atoms with Crippen LogP contribution >= 0.6 is 0 Å². The molecule has 4 aromatic rings. The Hall–Kier alpha value is -4.31. The number of amides is 1. The molecule has 0 spiro atoms. The molecule has 0 aliphatic heterocycles. The first kappa shape index (κ1) is 22.9. The van der Waals surface area contributed by atoms with Crippen molar-refractivity contribution in [2.24, 2.45) is 0 Å². The third-order valence-corrected chi connectivity index (χ3v) is 6.05. The maximum absolute atomic E-state index is 12.4. The highest BCUT2D eigenvalue weighted by atomic mass is 32.2. The summed E-state index contributed by atoms with van der Waals surface area (Å²) in [6.45, 7) is 0. The molecule has 0 saturated heterocycles. The van der Waals surface area contributed by atoms with Gasteiger partial charge in [0.2, 0.25) is 0 Å². The van der Waals surface area contributed by atoms with E-state index in [1.54, 1.807) is 12.3 Å². The molecule has 4 rings (SSSR count). The smallest absolute Gasteiger partial charge is 0.254 e. The minimum atomic E-state index is -3.54. The lowest BCUT2D eigenvalue weighted by Crippen LogP contribution is -2.20. The minimum Gasteiger partial charge on any atom is -0.355 e. The molecule has 172 valence electrons. The molecular weight excluding hydrogens is 452 g/mol. The van der Waals surface area contributed by atoms with Gasteiger partial charge in [0.25, 0.3) is 5.91 Å². The van der Waals surface area contributed by atoms with Crippen molar-refractivity contribution in [2.45, 2.75) is 4.90 Å². The number of hydrogen-bond acceptors (Lipinski definition) is 8. The van der Waals surface area contributed by atoms with Crippen LogP contribution in [-0.2, 0) is 9.84 Å². The number of benzene rings is 1. The van der Waals surface area contributed by atoms with E-state index in [2.05, 4.69) is 30.9 Å². The first-order valence-electron chi connectivity index (χ1n) is 10.3. The lowest BCUT2D eigenvalue weighted by Gasteiger charge is -2.14. The molecule has 3 N–H and O–H groups in total. The van der Waals surface area contributed by atoms with Gasteiger partial charge in [-0.2, -0.15) is 0 Å². The van der Waals surface area contributed by atoms with Crippen LogP contribution in [0.15, 0.2) is 84.1 Å². The maximum Gasteiger partial charge on any atom is 0.254 e. The van der Waals surface area contributed by atoms with E-state index in [0.717, 1.165) is 17.4 Å². The Morgan fingerprint density at radius 1 is 0.824 bits per heavy atom. The van der Waals surface area contributed by atoms with Crippen molar-refractivity contribution in [2.75, 3.05) is 23.9 Å². The number of aromatic nitrogens is 3. The van der Waals surface area contributed by atoms with Crippen LogP contribution in [-0.4, -0.2) is 42.6 Å². The Bertz CT molecular complexity index is 1430. The lowest BCUT2D eigenvalue weighted by atomic mass is 10.1. The molecule has 10 heteroatoms. The molecule has 0 aliphatic rings. The van der Waals surface area contributed by atoms with Crippen LogP contribution in [0.2, 0.25) is 0 Å². The fraction of sp³-hybridized carbons (Fsp3) is 0.0833. The SMILES string of the molecule is CNC(=O)c1cnc(Nc2ccc(-c3ccccc3)cn2)cc1Nc1ncccc1S(C)(=O)=O. The zero-order chi connectivity index (χ0) is 24.1.